The van der Waals surface area contributed by atoms with Gasteiger partial charge in [0.05, 0.1) is 0 Å². The summed E-state index contributed by atoms with van der Waals surface area (Å²) in [6.07, 6.45) is 5.20. The van der Waals surface area contributed by atoms with Crippen LogP contribution in [0.2, 0.25) is 0 Å². The van der Waals surface area contributed by atoms with Crippen molar-refractivity contribution in [2.45, 2.75) is 85.4 Å². The monoisotopic (exact) mass is 268 g/mol. The molecular formula is C17H36N2. The minimum Gasteiger partial charge on any atom is -0.311 e. The molecule has 1 fully saturated rings. The highest BCUT2D eigenvalue weighted by Gasteiger charge is 2.32. The second kappa shape index (κ2) is 8.26. The van der Waals surface area contributed by atoms with Crippen LogP contribution in [0, 0.1) is 11.8 Å². The van der Waals surface area contributed by atoms with Gasteiger partial charge in [-0.25, -0.2) is 0 Å². The van der Waals surface area contributed by atoms with Crippen LogP contribution in [0.5, 0.6) is 0 Å². The van der Waals surface area contributed by atoms with Crippen molar-refractivity contribution in [1.82, 2.24) is 10.2 Å². The van der Waals surface area contributed by atoms with Crippen molar-refractivity contribution in [3.05, 3.63) is 0 Å². The largest absolute Gasteiger partial charge is 0.311 e. The van der Waals surface area contributed by atoms with E-state index in [1.165, 1.54) is 38.8 Å². The molecule has 19 heavy (non-hydrogen) atoms. The molecule has 2 heteroatoms. The van der Waals surface area contributed by atoms with E-state index in [1.54, 1.807) is 0 Å². The molecule has 1 aliphatic rings. The molecule has 0 aromatic rings. The third kappa shape index (κ3) is 4.75. The summed E-state index contributed by atoms with van der Waals surface area (Å²) in [5, 5.41) is 3.77. The Bertz CT molecular complexity index is 235. The Labute approximate surface area is 121 Å². The van der Waals surface area contributed by atoms with E-state index in [9.17, 15) is 0 Å². The number of piperazine rings is 1. The van der Waals surface area contributed by atoms with Crippen molar-refractivity contribution in [3.8, 4) is 0 Å². The predicted molar refractivity (Wildman–Crippen MR) is 85.6 cm³/mol. The number of nitrogens with zero attached hydrogens (tertiary/aromatic N) is 1. The van der Waals surface area contributed by atoms with Crippen LogP contribution in [0.25, 0.3) is 0 Å². The zero-order valence-corrected chi connectivity index (χ0v) is 14.1. The summed E-state index contributed by atoms with van der Waals surface area (Å²) >= 11 is 0. The molecule has 1 saturated heterocycles. The van der Waals surface area contributed by atoms with Crippen molar-refractivity contribution >= 4 is 0 Å². The summed E-state index contributed by atoms with van der Waals surface area (Å²) in [6.45, 7) is 16.6. The Morgan fingerprint density at radius 1 is 1.11 bits per heavy atom. The van der Waals surface area contributed by atoms with Crippen molar-refractivity contribution < 1.29 is 0 Å². The van der Waals surface area contributed by atoms with Crippen LogP contribution in [0.1, 0.15) is 67.2 Å². The standard InChI is InChI=1S/C17H36N2/c1-7-15(8-2)14(6)19-12-16(10-13(4)5)18-11-17(19)9-3/h13-18H,7-12H2,1-6H3. The van der Waals surface area contributed by atoms with Gasteiger partial charge in [-0.15, -0.1) is 0 Å². The molecular weight excluding hydrogens is 232 g/mol. The summed E-state index contributed by atoms with van der Waals surface area (Å²) in [7, 11) is 0. The minimum absolute atomic E-state index is 0.694. The summed E-state index contributed by atoms with van der Waals surface area (Å²) < 4.78 is 0. The molecule has 3 atom stereocenters. The van der Waals surface area contributed by atoms with E-state index in [1.807, 2.05) is 0 Å². The first kappa shape index (κ1) is 17.0. The molecule has 1 N–H and O–H groups in total. The molecule has 1 rings (SSSR count). The molecule has 1 heterocycles. The molecule has 0 aromatic carbocycles. The zero-order chi connectivity index (χ0) is 14.4. The maximum Gasteiger partial charge on any atom is 0.0221 e. The van der Waals surface area contributed by atoms with Gasteiger partial charge in [0, 0.05) is 31.2 Å². The van der Waals surface area contributed by atoms with Gasteiger partial charge in [0.15, 0.2) is 0 Å². The van der Waals surface area contributed by atoms with E-state index >= 15 is 0 Å². The van der Waals surface area contributed by atoms with E-state index in [-0.39, 0.29) is 0 Å². The number of nitrogens with one attached hydrogen (secondary N) is 1. The quantitative estimate of drug-likeness (QED) is 0.753. The normalized spacial score (nSPS) is 27.2. The van der Waals surface area contributed by atoms with Gasteiger partial charge >= 0.3 is 0 Å². The van der Waals surface area contributed by atoms with Gasteiger partial charge in [-0.3, -0.25) is 4.90 Å². The van der Waals surface area contributed by atoms with E-state index in [0.29, 0.717) is 6.04 Å². The van der Waals surface area contributed by atoms with Crippen LogP contribution in [-0.4, -0.2) is 36.1 Å². The lowest BCUT2D eigenvalue weighted by Gasteiger charge is -2.46. The first-order chi connectivity index (χ1) is 9.03. The molecule has 1 aliphatic heterocycles. The van der Waals surface area contributed by atoms with Gasteiger partial charge < -0.3 is 5.32 Å². The second-order valence-electron chi connectivity index (χ2n) is 6.81. The van der Waals surface area contributed by atoms with E-state index in [0.717, 1.165) is 23.9 Å². The third-order valence-electron chi connectivity index (χ3n) is 5.02. The number of hydrogen-bond donors (Lipinski definition) is 1. The molecule has 0 bridgehead atoms. The average Bonchev–Trinajstić information content (AvgIpc) is 2.39. The molecule has 114 valence electrons. The zero-order valence-electron chi connectivity index (χ0n) is 14.1. The molecule has 0 aromatic heterocycles. The Morgan fingerprint density at radius 2 is 1.74 bits per heavy atom. The fourth-order valence-electron chi connectivity index (χ4n) is 3.73. The fourth-order valence-corrected chi connectivity index (χ4v) is 3.73. The lowest BCUT2D eigenvalue weighted by molar-refractivity contribution is 0.0508. The van der Waals surface area contributed by atoms with Gasteiger partial charge in [-0.05, 0) is 31.6 Å². The highest BCUT2D eigenvalue weighted by Crippen LogP contribution is 2.24. The molecule has 0 spiro atoms. The van der Waals surface area contributed by atoms with Crippen molar-refractivity contribution in [2.75, 3.05) is 13.1 Å². The van der Waals surface area contributed by atoms with Gasteiger partial charge in [0.1, 0.15) is 0 Å². The van der Waals surface area contributed by atoms with Crippen molar-refractivity contribution in [2.24, 2.45) is 11.8 Å². The summed E-state index contributed by atoms with van der Waals surface area (Å²) in [5.74, 6) is 1.65. The van der Waals surface area contributed by atoms with Gasteiger partial charge in [0.2, 0.25) is 0 Å². The predicted octanol–water partition coefficient (Wildman–Crippen LogP) is 3.91. The summed E-state index contributed by atoms with van der Waals surface area (Å²) in [4.78, 5) is 2.81. The Hall–Kier alpha value is -0.0800. The highest BCUT2D eigenvalue weighted by molar-refractivity contribution is 4.90. The third-order valence-corrected chi connectivity index (χ3v) is 5.02. The Kier molecular flexibility index (Phi) is 7.38. The first-order valence-electron chi connectivity index (χ1n) is 8.52. The molecule has 0 saturated carbocycles. The smallest absolute Gasteiger partial charge is 0.0221 e. The van der Waals surface area contributed by atoms with Crippen molar-refractivity contribution in [1.29, 1.82) is 0 Å². The number of hydrogen-bond acceptors (Lipinski definition) is 2. The fraction of sp³-hybridized carbons (Fsp3) is 1.00. The maximum atomic E-state index is 3.77. The van der Waals surface area contributed by atoms with Gasteiger partial charge in [-0.1, -0.05) is 47.5 Å². The lowest BCUT2D eigenvalue weighted by Crippen LogP contribution is -2.60. The maximum absolute atomic E-state index is 3.77. The number of rotatable bonds is 7. The van der Waals surface area contributed by atoms with Crippen LogP contribution in [0.15, 0.2) is 0 Å². The van der Waals surface area contributed by atoms with Crippen LogP contribution < -0.4 is 5.32 Å². The van der Waals surface area contributed by atoms with Crippen LogP contribution in [-0.2, 0) is 0 Å². The van der Waals surface area contributed by atoms with Crippen LogP contribution in [0.4, 0.5) is 0 Å². The Balaban J connectivity index is 2.68. The first-order valence-corrected chi connectivity index (χ1v) is 8.52. The molecule has 3 unspecified atom stereocenters. The topological polar surface area (TPSA) is 15.3 Å². The van der Waals surface area contributed by atoms with Crippen LogP contribution in [0.3, 0.4) is 0 Å². The lowest BCUT2D eigenvalue weighted by atomic mass is 9.90. The van der Waals surface area contributed by atoms with Gasteiger partial charge in [0.25, 0.3) is 0 Å². The van der Waals surface area contributed by atoms with E-state index in [2.05, 4.69) is 51.8 Å². The average molecular weight is 268 g/mol. The SMILES string of the molecule is CCC(CC)C(C)N1CC(CC(C)C)NCC1CC. The summed E-state index contributed by atoms with van der Waals surface area (Å²) in [5.41, 5.74) is 0. The molecule has 0 aliphatic carbocycles. The Morgan fingerprint density at radius 3 is 2.21 bits per heavy atom. The van der Waals surface area contributed by atoms with Gasteiger partial charge in [-0.2, -0.15) is 0 Å². The van der Waals surface area contributed by atoms with E-state index < -0.39 is 0 Å². The molecule has 2 nitrogen and oxygen atoms in total. The summed E-state index contributed by atoms with van der Waals surface area (Å²) in [6, 6.07) is 2.16. The molecule has 0 amide bonds. The highest BCUT2D eigenvalue weighted by atomic mass is 15.3. The molecule has 0 radical (unpaired) electrons. The van der Waals surface area contributed by atoms with E-state index in [4.69, 9.17) is 0 Å². The van der Waals surface area contributed by atoms with Crippen LogP contribution >= 0.6 is 0 Å². The second-order valence-corrected chi connectivity index (χ2v) is 6.81. The van der Waals surface area contributed by atoms with Crippen molar-refractivity contribution in [3.63, 3.8) is 0 Å². The minimum atomic E-state index is 0.694.